The van der Waals surface area contributed by atoms with Gasteiger partial charge in [0.15, 0.2) is 0 Å². The fourth-order valence-electron chi connectivity index (χ4n) is 3.10. The van der Waals surface area contributed by atoms with Crippen molar-refractivity contribution in [2.75, 3.05) is 26.3 Å². The SMILES string of the molecule is CCOC(=O)CNC(=O)c1ccc(C(=O)NS(=O)(=O)c2ccc(C(=O)NCCOc3ccccc3)cc2)cn1. The lowest BCUT2D eigenvalue weighted by Crippen LogP contribution is -2.32. The first-order valence-corrected chi connectivity index (χ1v) is 13.2. The summed E-state index contributed by atoms with van der Waals surface area (Å²) in [6, 6.07) is 16.6. The molecule has 1 aromatic heterocycles. The number of pyridine rings is 1. The zero-order valence-electron chi connectivity index (χ0n) is 20.9. The number of para-hydroxylation sites is 1. The lowest BCUT2D eigenvalue weighted by molar-refractivity contribution is -0.141. The number of amides is 3. The number of esters is 1. The number of hydrogen-bond acceptors (Lipinski definition) is 9. The van der Waals surface area contributed by atoms with E-state index in [1.807, 2.05) is 22.9 Å². The fraction of sp³-hybridized carbons (Fsp3) is 0.192. The molecule has 0 saturated carbocycles. The minimum absolute atomic E-state index is 0.0841. The Hall–Kier alpha value is -4.78. The zero-order chi connectivity index (χ0) is 28.3. The highest BCUT2D eigenvalue weighted by Gasteiger charge is 2.20. The Balaban J connectivity index is 1.51. The zero-order valence-corrected chi connectivity index (χ0v) is 21.7. The van der Waals surface area contributed by atoms with E-state index in [4.69, 9.17) is 9.47 Å². The van der Waals surface area contributed by atoms with Gasteiger partial charge >= 0.3 is 5.97 Å². The van der Waals surface area contributed by atoms with Crippen LogP contribution in [-0.2, 0) is 19.6 Å². The standard InChI is InChI=1S/C26H26N4O8S/c1-2-37-23(31)17-29-26(34)22-13-10-19(16-28-22)25(33)30-39(35,36)21-11-8-18(9-12-21)24(32)27-14-15-38-20-6-4-3-5-7-20/h3-13,16H,2,14-15,17H2,1H3,(H,27,32)(H,29,34)(H,30,33). The van der Waals surface area contributed by atoms with Gasteiger partial charge < -0.3 is 20.1 Å². The maximum absolute atomic E-state index is 12.6. The van der Waals surface area contributed by atoms with Crippen LogP contribution in [0.5, 0.6) is 5.75 Å². The van der Waals surface area contributed by atoms with Crippen molar-refractivity contribution in [2.24, 2.45) is 0 Å². The Morgan fingerprint density at radius 1 is 0.821 bits per heavy atom. The molecule has 0 aliphatic carbocycles. The molecule has 3 rings (SSSR count). The molecule has 204 valence electrons. The van der Waals surface area contributed by atoms with E-state index in [0.717, 1.165) is 6.20 Å². The molecular formula is C26H26N4O8S. The van der Waals surface area contributed by atoms with Gasteiger partial charge in [0, 0.05) is 11.8 Å². The van der Waals surface area contributed by atoms with Crippen molar-refractivity contribution in [3.63, 3.8) is 0 Å². The van der Waals surface area contributed by atoms with Crippen LogP contribution in [0.4, 0.5) is 0 Å². The van der Waals surface area contributed by atoms with Gasteiger partial charge in [-0.2, -0.15) is 0 Å². The Kier molecular flexibility index (Phi) is 10.1. The van der Waals surface area contributed by atoms with Crippen molar-refractivity contribution in [3.8, 4) is 5.75 Å². The Labute approximate surface area is 224 Å². The second kappa shape index (κ2) is 13.7. The molecule has 13 heteroatoms. The lowest BCUT2D eigenvalue weighted by atomic mass is 10.2. The van der Waals surface area contributed by atoms with Crippen molar-refractivity contribution < 1.29 is 37.1 Å². The molecule has 0 radical (unpaired) electrons. The summed E-state index contributed by atoms with van der Waals surface area (Å²) in [4.78, 5) is 51.7. The van der Waals surface area contributed by atoms with Crippen LogP contribution in [0.1, 0.15) is 38.1 Å². The monoisotopic (exact) mass is 554 g/mol. The number of sulfonamides is 1. The van der Waals surface area contributed by atoms with E-state index in [1.165, 1.54) is 36.4 Å². The van der Waals surface area contributed by atoms with Crippen molar-refractivity contribution in [1.29, 1.82) is 0 Å². The van der Waals surface area contributed by atoms with Crippen molar-refractivity contribution >= 4 is 33.7 Å². The second-order valence-corrected chi connectivity index (χ2v) is 9.48. The number of aromatic nitrogens is 1. The summed E-state index contributed by atoms with van der Waals surface area (Å²) in [5.41, 5.74) is 0.0226. The van der Waals surface area contributed by atoms with Crippen LogP contribution in [0, 0.1) is 0 Å². The van der Waals surface area contributed by atoms with Gasteiger partial charge in [-0.1, -0.05) is 18.2 Å². The minimum atomic E-state index is -4.26. The van der Waals surface area contributed by atoms with E-state index in [9.17, 15) is 27.6 Å². The number of carbonyl (C=O) groups is 4. The molecule has 0 spiro atoms. The molecule has 1 heterocycles. The minimum Gasteiger partial charge on any atom is -0.492 e. The summed E-state index contributed by atoms with van der Waals surface area (Å²) in [6.45, 7) is 1.94. The quantitative estimate of drug-likeness (QED) is 0.221. The molecule has 3 amide bonds. The maximum Gasteiger partial charge on any atom is 0.325 e. The number of carbonyl (C=O) groups excluding carboxylic acids is 4. The highest BCUT2D eigenvalue weighted by Crippen LogP contribution is 2.12. The third-order valence-corrected chi connectivity index (χ3v) is 6.36. The van der Waals surface area contributed by atoms with Crippen LogP contribution < -0.4 is 20.1 Å². The largest absolute Gasteiger partial charge is 0.492 e. The summed E-state index contributed by atoms with van der Waals surface area (Å²) >= 11 is 0. The predicted octanol–water partition coefficient (Wildman–Crippen LogP) is 1.30. The first-order chi connectivity index (χ1) is 18.7. The third-order valence-electron chi connectivity index (χ3n) is 5.01. The summed E-state index contributed by atoms with van der Waals surface area (Å²) in [6.07, 6.45) is 1.03. The molecule has 0 aliphatic heterocycles. The van der Waals surface area contributed by atoms with Gasteiger partial charge in [-0.15, -0.1) is 0 Å². The van der Waals surface area contributed by atoms with Crippen molar-refractivity contribution in [3.05, 3.63) is 89.7 Å². The molecule has 0 bridgehead atoms. The summed E-state index contributed by atoms with van der Waals surface area (Å²) in [5.74, 6) is -2.01. The molecule has 0 fully saturated rings. The van der Waals surface area contributed by atoms with E-state index in [1.54, 1.807) is 19.1 Å². The van der Waals surface area contributed by atoms with Crippen LogP contribution in [-0.4, -0.2) is 63.4 Å². The number of nitrogens with zero attached hydrogens (tertiary/aromatic N) is 1. The molecule has 0 atom stereocenters. The molecule has 0 aliphatic rings. The maximum atomic E-state index is 12.6. The Morgan fingerprint density at radius 2 is 1.51 bits per heavy atom. The lowest BCUT2D eigenvalue weighted by Gasteiger charge is -2.09. The molecular weight excluding hydrogens is 528 g/mol. The number of hydrogen-bond donors (Lipinski definition) is 3. The summed E-state index contributed by atoms with van der Waals surface area (Å²) in [5, 5.41) is 4.99. The van der Waals surface area contributed by atoms with Gasteiger partial charge in [-0.25, -0.2) is 13.1 Å². The van der Waals surface area contributed by atoms with Crippen LogP contribution in [0.2, 0.25) is 0 Å². The summed E-state index contributed by atoms with van der Waals surface area (Å²) < 4.78 is 37.4. The number of ether oxygens (including phenoxy) is 2. The fourth-order valence-corrected chi connectivity index (χ4v) is 4.07. The molecule has 39 heavy (non-hydrogen) atoms. The summed E-state index contributed by atoms with van der Waals surface area (Å²) in [7, 11) is -4.26. The normalized spacial score (nSPS) is 10.7. The van der Waals surface area contributed by atoms with Gasteiger partial charge in [0.1, 0.15) is 24.6 Å². The van der Waals surface area contributed by atoms with Gasteiger partial charge in [0.25, 0.3) is 27.7 Å². The average Bonchev–Trinajstić information content (AvgIpc) is 2.94. The second-order valence-electron chi connectivity index (χ2n) is 7.80. The van der Waals surface area contributed by atoms with E-state index in [-0.39, 0.29) is 48.0 Å². The van der Waals surface area contributed by atoms with Crippen LogP contribution in [0.3, 0.4) is 0 Å². The van der Waals surface area contributed by atoms with E-state index >= 15 is 0 Å². The highest BCUT2D eigenvalue weighted by molar-refractivity contribution is 7.90. The molecule has 0 unspecified atom stereocenters. The first-order valence-electron chi connectivity index (χ1n) is 11.7. The number of benzene rings is 2. The van der Waals surface area contributed by atoms with Gasteiger partial charge in [0.05, 0.1) is 23.6 Å². The number of rotatable bonds is 12. The van der Waals surface area contributed by atoms with Crippen molar-refractivity contribution in [1.82, 2.24) is 20.3 Å². The molecule has 0 saturated heterocycles. The molecule has 3 aromatic rings. The highest BCUT2D eigenvalue weighted by atomic mass is 32.2. The predicted molar refractivity (Wildman–Crippen MR) is 139 cm³/mol. The number of nitrogens with one attached hydrogen (secondary N) is 3. The molecule has 3 N–H and O–H groups in total. The average molecular weight is 555 g/mol. The van der Waals surface area contributed by atoms with Crippen molar-refractivity contribution in [2.45, 2.75) is 11.8 Å². The van der Waals surface area contributed by atoms with Gasteiger partial charge in [0.2, 0.25) is 0 Å². The smallest absolute Gasteiger partial charge is 0.325 e. The van der Waals surface area contributed by atoms with Crippen LogP contribution >= 0.6 is 0 Å². The van der Waals surface area contributed by atoms with E-state index < -0.39 is 33.7 Å². The van der Waals surface area contributed by atoms with Crippen LogP contribution in [0.15, 0.2) is 77.8 Å². The first kappa shape index (κ1) is 28.8. The Bertz CT molecular complexity index is 1410. The van der Waals surface area contributed by atoms with E-state index in [2.05, 4.69) is 15.6 Å². The van der Waals surface area contributed by atoms with E-state index in [0.29, 0.717) is 5.75 Å². The molecule has 2 aromatic carbocycles. The topological polar surface area (TPSA) is 170 Å². The van der Waals surface area contributed by atoms with Gasteiger partial charge in [-0.3, -0.25) is 24.2 Å². The third kappa shape index (κ3) is 8.64. The van der Waals surface area contributed by atoms with Crippen LogP contribution in [0.25, 0.3) is 0 Å². The molecule has 12 nitrogen and oxygen atoms in total. The Morgan fingerprint density at radius 3 is 2.15 bits per heavy atom. The van der Waals surface area contributed by atoms with Gasteiger partial charge in [-0.05, 0) is 55.5 Å².